The summed E-state index contributed by atoms with van der Waals surface area (Å²) in [6.07, 6.45) is 2.89. The number of halogens is 1. The molecule has 0 bridgehead atoms. The zero-order chi connectivity index (χ0) is 37.8. The summed E-state index contributed by atoms with van der Waals surface area (Å²) in [7, 11) is -0.235. The molecule has 3 N–H and O–H groups in total. The van der Waals surface area contributed by atoms with Crippen LogP contribution in [-0.4, -0.2) is 92.2 Å². The standard InChI is InChI=1S/C39H43BrN4O7S3/c1-43(2)29-8-3-7-28-27(29)6-4-10-32(28)54(48,49)42-41-25-17-33-39(34(18-25)53-15-13-45)19-26(21-46)44(38(47)31-9-5-14-52-31)20-24-16-30(50-22-23-11-12-23)36(40)37(51-33)35(24)39/h3-10,14,16,23,26,33-34,42,45-46H,11-13,15,17-22H2,1-2H3/t26-,33+,34+,39+/m0/s1. The number of amides is 1. The molecule has 11 nitrogen and oxygen atoms in total. The molecule has 2 saturated carbocycles. The molecule has 2 aliphatic heterocycles. The van der Waals surface area contributed by atoms with Gasteiger partial charge in [0.2, 0.25) is 0 Å². The molecule has 1 amide bonds. The van der Waals surface area contributed by atoms with Gasteiger partial charge in [-0.3, -0.25) is 4.79 Å². The van der Waals surface area contributed by atoms with E-state index in [0.29, 0.717) is 69.5 Å². The number of sulfonamides is 1. The summed E-state index contributed by atoms with van der Waals surface area (Å²) in [5.74, 6) is 2.09. The summed E-state index contributed by atoms with van der Waals surface area (Å²) in [6.45, 7) is 0.539. The van der Waals surface area contributed by atoms with Crippen molar-refractivity contribution in [1.29, 1.82) is 0 Å². The number of aliphatic hydroxyl groups excluding tert-OH is 2. The van der Waals surface area contributed by atoms with Crippen molar-refractivity contribution in [2.75, 3.05) is 44.6 Å². The van der Waals surface area contributed by atoms with E-state index in [2.05, 4.69) is 25.9 Å². The molecule has 0 saturated heterocycles. The second kappa shape index (κ2) is 15.0. The summed E-state index contributed by atoms with van der Waals surface area (Å²) in [5, 5.41) is 28.7. The molecule has 54 heavy (non-hydrogen) atoms. The Morgan fingerprint density at radius 1 is 1.15 bits per heavy atom. The first kappa shape index (κ1) is 37.6. The summed E-state index contributed by atoms with van der Waals surface area (Å²) >= 11 is 6.79. The first-order chi connectivity index (χ1) is 26.1. The van der Waals surface area contributed by atoms with E-state index in [1.165, 1.54) is 11.3 Å². The number of benzene rings is 3. The molecule has 3 heterocycles. The van der Waals surface area contributed by atoms with Crippen LogP contribution in [0.2, 0.25) is 0 Å². The minimum atomic E-state index is -4.08. The Bertz CT molecular complexity index is 2210. The highest BCUT2D eigenvalue weighted by Crippen LogP contribution is 2.61. The Hall–Kier alpha value is -3.34. The van der Waals surface area contributed by atoms with Gasteiger partial charge in [-0.2, -0.15) is 25.3 Å². The van der Waals surface area contributed by atoms with Gasteiger partial charge in [-0.1, -0.05) is 30.3 Å². The Kier molecular flexibility index (Phi) is 10.4. The average molecular weight is 856 g/mol. The number of fused-ring (bicyclic) bond motifs is 1. The van der Waals surface area contributed by atoms with Gasteiger partial charge in [-0.15, -0.1) is 11.3 Å². The molecular weight excluding hydrogens is 813 g/mol. The Balaban J connectivity index is 1.19. The van der Waals surface area contributed by atoms with Crippen LogP contribution in [0, 0.1) is 5.92 Å². The Morgan fingerprint density at radius 3 is 2.67 bits per heavy atom. The second-order valence-electron chi connectivity index (χ2n) is 14.7. The normalized spacial score (nSPS) is 24.1. The summed E-state index contributed by atoms with van der Waals surface area (Å²) < 4.78 is 41.9. The topological polar surface area (TPSA) is 141 Å². The predicted octanol–water partition coefficient (Wildman–Crippen LogP) is 6.15. The fraction of sp³-hybridized carbons (Fsp3) is 0.436. The molecule has 15 heteroatoms. The lowest BCUT2D eigenvalue weighted by Gasteiger charge is -2.46. The van der Waals surface area contributed by atoms with Crippen LogP contribution in [0.1, 0.15) is 52.9 Å². The number of carbonyl (C=O) groups excluding carboxylic acids is 1. The number of ether oxygens (including phenoxy) is 2. The lowest BCUT2D eigenvalue weighted by molar-refractivity contribution is 0.0451. The first-order valence-corrected chi connectivity index (χ1v) is 22.4. The number of hydrazone groups is 1. The molecule has 286 valence electrons. The van der Waals surface area contributed by atoms with E-state index in [0.717, 1.165) is 35.0 Å². The van der Waals surface area contributed by atoms with E-state index in [9.17, 15) is 23.4 Å². The summed E-state index contributed by atoms with van der Waals surface area (Å²) in [5.41, 5.74) is 2.69. The molecule has 1 aromatic heterocycles. The minimum absolute atomic E-state index is 0.0539. The van der Waals surface area contributed by atoms with Crippen LogP contribution in [0.25, 0.3) is 10.8 Å². The van der Waals surface area contributed by atoms with Gasteiger partial charge in [0.15, 0.2) is 0 Å². The maximum Gasteiger partial charge on any atom is 0.277 e. The maximum absolute atomic E-state index is 14.1. The van der Waals surface area contributed by atoms with E-state index in [1.54, 1.807) is 34.9 Å². The number of anilines is 1. The van der Waals surface area contributed by atoms with Crippen molar-refractivity contribution in [3.8, 4) is 11.5 Å². The van der Waals surface area contributed by atoms with Crippen LogP contribution in [-0.2, 0) is 22.0 Å². The van der Waals surface area contributed by atoms with E-state index >= 15 is 0 Å². The minimum Gasteiger partial charge on any atom is -0.492 e. The lowest BCUT2D eigenvalue weighted by atomic mass is 9.64. The van der Waals surface area contributed by atoms with Gasteiger partial charge in [0, 0.05) is 72.2 Å². The second-order valence-corrected chi connectivity index (χ2v) is 19.4. The fourth-order valence-electron chi connectivity index (χ4n) is 8.37. The Labute approximate surface area is 331 Å². The van der Waals surface area contributed by atoms with Crippen molar-refractivity contribution in [2.45, 2.75) is 66.4 Å². The van der Waals surface area contributed by atoms with Crippen molar-refractivity contribution in [1.82, 2.24) is 9.73 Å². The highest BCUT2D eigenvalue weighted by Gasteiger charge is 2.61. The number of hydrogen-bond donors (Lipinski definition) is 3. The molecule has 0 radical (unpaired) electrons. The van der Waals surface area contributed by atoms with Gasteiger partial charge < -0.3 is 29.5 Å². The lowest BCUT2D eigenvalue weighted by Crippen LogP contribution is -2.55. The van der Waals surface area contributed by atoms with E-state index in [-0.39, 0.29) is 35.8 Å². The summed E-state index contributed by atoms with van der Waals surface area (Å²) in [4.78, 5) is 21.1. The van der Waals surface area contributed by atoms with Crippen LogP contribution < -0.4 is 19.2 Å². The number of aliphatic hydroxyl groups is 2. The van der Waals surface area contributed by atoms with Crippen molar-refractivity contribution in [2.24, 2.45) is 11.0 Å². The molecule has 2 fully saturated rings. The average Bonchev–Trinajstić information content (AvgIpc) is 3.75. The zero-order valence-electron chi connectivity index (χ0n) is 30.0. The largest absolute Gasteiger partial charge is 0.492 e. The molecular formula is C39H43BrN4O7S3. The fourth-order valence-corrected chi connectivity index (χ4v) is 12.0. The third kappa shape index (κ3) is 6.68. The van der Waals surface area contributed by atoms with Gasteiger partial charge in [-0.25, -0.2) is 4.83 Å². The quantitative estimate of drug-likeness (QED) is 0.143. The number of nitrogens with one attached hydrogen (secondary N) is 1. The first-order valence-electron chi connectivity index (χ1n) is 18.1. The third-order valence-electron chi connectivity index (χ3n) is 11.1. The van der Waals surface area contributed by atoms with Gasteiger partial charge in [0.1, 0.15) is 22.1 Å². The van der Waals surface area contributed by atoms with Crippen LogP contribution in [0.15, 0.2) is 74.4 Å². The number of nitrogens with zero attached hydrogens (tertiary/aromatic N) is 3. The van der Waals surface area contributed by atoms with Gasteiger partial charge in [0.05, 0.1) is 41.1 Å². The third-order valence-corrected chi connectivity index (χ3v) is 15.4. The van der Waals surface area contributed by atoms with E-state index in [1.807, 2.05) is 60.8 Å². The maximum atomic E-state index is 14.1. The number of thioether (sulfide) groups is 1. The molecule has 4 aromatic rings. The molecule has 3 aromatic carbocycles. The van der Waals surface area contributed by atoms with E-state index in [4.69, 9.17) is 9.47 Å². The number of rotatable bonds is 12. The van der Waals surface area contributed by atoms with Crippen LogP contribution in [0.5, 0.6) is 11.5 Å². The number of hydrogen-bond acceptors (Lipinski definition) is 11. The molecule has 4 atom stereocenters. The predicted molar refractivity (Wildman–Crippen MR) is 217 cm³/mol. The van der Waals surface area contributed by atoms with Gasteiger partial charge in [0.25, 0.3) is 15.9 Å². The summed E-state index contributed by atoms with van der Waals surface area (Å²) in [6, 6.07) is 16.0. The van der Waals surface area contributed by atoms with Crippen molar-refractivity contribution in [3.05, 3.63) is 80.5 Å². The van der Waals surface area contributed by atoms with Crippen molar-refractivity contribution >= 4 is 77.1 Å². The van der Waals surface area contributed by atoms with Crippen LogP contribution in [0.3, 0.4) is 0 Å². The van der Waals surface area contributed by atoms with Crippen molar-refractivity contribution < 1.29 is 32.9 Å². The monoisotopic (exact) mass is 854 g/mol. The molecule has 8 rings (SSSR count). The zero-order valence-corrected chi connectivity index (χ0v) is 34.1. The molecule has 1 spiro atoms. The smallest absolute Gasteiger partial charge is 0.277 e. The Morgan fingerprint density at radius 2 is 1.94 bits per heavy atom. The number of thiophene rings is 1. The highest BCUT2D eigenvalue weighted by atomic mass is 79.9. The van der Waals surface area contributed by atoms with Crippen LogP contribution in [0.4, 0.5) is 5.69 Å². The SMILES string of the molecule is CN(C)c1cccc2c(S(=O)(=O)NN=C3C[C@H]4Oc5c(Br)c(OCC6CC6)cc6c5[C@@]4(C[C@@H](CO)N(C(=O)c4cccs4)C6)[C@H](SCCO)C3)cccc12. The number of carbonyl (C=O) groups is 1. The molecule has 2 aliphatic carbocycles. The highest BCUT2D eigenvalue weighted by molar-refractivity contribution is 9.10. The molecule has 0 unspecified atom stereocenters. The van der Waals surface area contributed by atoms with Crippen LogP contribution >= 0.6 is 39.0 Å². The van der Waals surface area contributed by atoms with Gasteiger partial charge >= 0.3 is 0 Å². The molecule has 4 aliphatic rings. The van der Waals surface area contributed by atoms with Crippen molar-refractivity contribution in [3.63, 3.8) is 0 Å². The van der Waals surface area contributed by atoms with Gasteiger partial charge in [-0.05, 0) is 76.3 Å². The van der Waals surface area contributed by atoms with E-state index < -0.39 is 27.6 Å².